The molecular formula is C10H11NO2. The molecule has 0 radical (unpaired) electrons. The molecule has 13 heavy (non-hydrogen) atoms. The summed E-state index contributed by atoms with van der Waals surface area (Å²) in [5, 5.41) is 0. The van der Waals surface area contributed by atoms with Gasteiger partial charge in [-0.1, -0.05) is 18.2 Å². The Hall–Kier alpha value is -1.48. The molecule has 1 aliphatic heterocycles. The van der Waals surface area contributed by atoms with Crippen LogP contribution in [0.25, 0.3) is 6.08 Å². The van der Waals surface area contributed by atoms with Crippen molar-refractivity contribution in [1.29, 1.82) is 0 Å². The van der Waals surface area contributed by atoms with Crippen molar-refractivity contribution in [2.75, 3.05) is 13.3 Å². The summed E-state index contributed by atoms with van der Waals surface area (Å²) in [5.41, 5.74) is 6.42. The van der Waals surface area contributed by atoms with Gasteiger partial charge < -0.3 is 15.2 Å². The zero-order valence-electron chi connectivity index (χ0n) is 7.19. The minimum absolute atomic E-state index is 0.319. The van der Waals surface area contributed by atoms with Gasteiger partial charge >= 0.3 is 0 Å². The van der Waals surface area contributed by atoms with Crippen molar-refractivity contribution in [3.8, 4) is 11.5 Å². The van der Waals surface area contributed by atoms with Crippen LogP contribution in [0.1, 0.15) is 5.56 Å². The van der Waals surface area contributed by atoms with Gasteiger partial charge in [0, 0.05) is 6.54 Å². The minimum atomic E-state index is 0.319. The Bertz CT molecular complexity index is 334. The van der Waals surface area contributed by atoms with Gasteiger partial charge in [-0.15, -0.1) is 0 Å². The second-order valence-electron chi connectivity index (χ2n) is 2.75. The molecule has 68 valence electrons. The average Bonchev–Trinajstić information content (AvgIpc) is 2.61. The molecule has 0 saturated carbocycles. The zero-order chi connectivity index (χ0) is 9.10. The number of hydrogen-bond acceptors (Lipinski definition) is 3. The van der Waals surface area contributed by atoms with Crippen molar-refractivity contribution in [2.24, 2.45) is 5.73 Å². The van der Waals surface area contributed by atoms with Gasteiger partial charge in [0.25, 0.3) is 0 Å². The highest BCUT2D eigenvalue weighted by Gasteiger charge is 2.11. The predicted octanol–water partition coefficient (Wildman–Crippen LogP) is 1.39. The van der Waals surface area contributed by atoms with Crippen LogP contribution in [0.3, 0.4) is 0 Å². The average molecular weight is 177 g/mol. The van der Waals surface area contributed by atoms with E-state index >= 15 is 0 Å². The lowest BCUT2D eigenvalue weighted by Gasteiger charge is -1.96. The van der Waals surface area contributed by atoms with E-state index in [1.807, 2.05) is 30.4 Å². The molecule has 0 saturated heterocycles. The number of benzene rings is 1. The van der Waals surface area contributed by atoms with Gasteiger partial charge in [-0.05, 0) is 17.7 Å². The van der Waals surface area contributed by atoms with E-state index in [0.29, 0.717) is 13.3 Å². The molecule has 3 heteroatoms. The van der Waals surface area contributed by atoms with Crippen LogP contribution in [0.5, 0.6) is 11.5 Å². The Kier molecular flexibility index (Phi) is 2.19. The highest BCUT2D eigenvalue weighted by Crippen LogP contribution is 2.32. The summed E-state index contributed by atoms with van der Waals surface area (Å²) in [7, 11) is 0. The molecule has 1 aromatic carbocycles. The van der Waals surface area contributed by atoms with Gasteiger partial charge in [-0.2, -0.15) is 0 Å². The molecule has 1 aromatic rings. The van der Waals surface area contributed by atoms with Crippen LogP contribution in [0.2, 0.25) is 0 Å². The summed E-state index contributed by atoms with van der Waals surface area (Å²) < 4.78 is 10.4. The highest BCUT2D eigenvalue weighted by molar-refractivity contribution is 5.56. The molecule has 0 aliphatic carbocycles. The molecule has 0 unspecified atom stereocenters. The fourth-order valence-electron chi connectivity index (χ4n) is 1.22. The molecule has 1 heterocycles. The third-order valence-corrected chi connectivity index (χ3v) is 1.84. The lowest BCUT2D eigenvalue weighted by Crippen LogP contribution is -1.93. The van der Waals surface area contributed by atoms with Crippen molar-refractivity contribution >= 4 is 6.08 Å². The third-order valence-electron chi connectivity index (χ3n) is 1.84. The van der Waals surface area contributed by atoms with Crippen molar-refractivity contribution < 1.29 is 9.47 Å². The van der Waals surface area contributed by atoms with E-state index in [2.05, 4.69) is 0 Å². The third kappa shape index (κ3) is 1.65. The fraction of sp³-hybridized carbons (Fsp3) is 0.200. The van der Waals surface area contributed by atoms with E-state index in [1.165, 1.54) is 0 Å². The Morgan fingerprint density at radius 1 is 1.31 bits per heavy atom. The maximum Gasteiger partial charge on any atom is 0.231 e. The van der Waals surface area contributed by atoms with Gasteiger partial charge in [-0.25, -0.2) is 0 Å². The lowest BCUT2D eigenvalue weighted by atomic mass is 10.2. The van der Waals surface area contributed by atoms with Crippen LogP contribution < -0.4 is 15.2 Å². The summed E-state index contributed by atoms with van der Waals surface area (Å²) in [6.07, 6.45) is 3.86. The van der Waals surface area contributed by atoms with Gasteiger partial charge in [0.05, 0.1) is 0 Å². The molecule has 0 bridgehead atoms. The number of hydrogen-bond donors (Lipinski definition) is 1. The van der Waals surface area contributed by atoms with Crippen LogP contribution in [-0.2, 0) is 0 Å². The van der Waals surface area contributed by atoms with E-state index in [0.717, 1.165) is 17.1 Å². The van der Waals surface area contributed by atoms with Crippen molar-refractivity contribution in [3.63, 3.8) is 0 Å². The summed E-state index contributed by atoms with van der Waals surface area (Å²) in [5.74, 6) is 1.61. The summed E-state index contributed by atoms with van der Waals surface area (Å²) in [6.45, 7) is 0.869. The summed E-state index contributed by atoms with van der Waals surface area (Å²) >= 11 is 0. The quantitative estimate of drug-likeness (QED) is 0.742. The van der Waals surface area contributed by atoms with Gasteiger partial charge in [0.1, 0.15) is 0 Å². The largest absolute Gasteiger partial charge is 0.454 e. The lowest BCUT2D eigenvalue weighted by molar-refractivity contribution is 0.174. The van der Waals surface area contributed by atoms with Gasteiger partial charge in [0.2, 0.25) is 6.79 Å². The monoisotopic (exact) mass is 177 g/mol. The van der Waals surface area contributed by atoms with Crippen LogP contribution >= 0.6 is 0 Å². The molecule has 0 spiro atoms. The van der Waals surface area contributed by atoms with E-state index in [1.54, 1.807) is 0 Å². The Morgan fingerprint density at radius 2 is 2.15 bits per heavy atom. The van der Waals surface area contributed by atoms with Crippen LogP contribution in [0.15, 0.2) is 24.3 Å². The normalized spacial score (nSPS) is 13.9. The molecule has 0 aromatic heterocycles. The van der Waals surface area contributed by atoms with Crippen LogP contribution in [-0.4, -0.2) is 13.3 Å². The molecule has 2 N–H and O–H groups in total. The molecule has 3 nitrogen and oxygen atoms in total. The van der Waals surface area contributed by atoms with Gasteiger partial charge in [0.15, 0.2) is 11.5 Å². The fourth-order valence-corrected chi connectivity index (χ4v) is 1.22. The standard InChI is InChI=1S/C10H11NO2/c11-5-1-2-8-3-4-9-10(6-8)13-7-12-9/h1-4,6H,5,7,11H2/b2-1+. The van der Waals surface area contributed by atoms with Crippen molar-refractivity contribution in [1.82, 2.24) is 0 Å². The zero-order valence-corrected chi connectivity index (χ0v) is 7.19. The van der Waals surface area contributed by atoms with E-state index < -0.39 is 0 Å². The maximum absolute atomic E-state index is 5.35. The molecule has 2 rings (SSSR count). The molecule has 0 atom stereocenters. The molecule has 0 amide bonds. The summed E-state index contributed by atoms with van der Waals surface area (Å²) in [6, 6.07) is 5.81. The molecule has 1 aliphatic rings. The van der Waals surface area contributed by atoms with Crippen molar-refractivity contribution in [2.45, 2.75) is 0 Å². The smallest absolute Gasteiger partial charge is 0.231 e. The van der Waals surface area contributed by atoms with E-state index in [4.69, 9.17) is 15.2 Å². The molecule has 0 fully saturated rings. The highest BCUT2D eigenvalue weighted by atomic mass is 16.7. The number of nitrogens with two attached hydrogens (primary N) is 1. The van der Waals surface area contributed by atoms with Crippen LogP contribution in [0.4, 0.5) is 0 Å². The minimum Gasteiger partial charge on any atom is -0.454 e. The Labute approximate surface area is 76.8 Å². The molecular weight excluding hydrogens is 166 g/mol. The van der Waals surface area contributed by atoms with E-state index in [9.17, 15) is 0 Å². The maximum atomic E-state index is 5.35. The predicted molar refractivity (Wildman–Crippen MR) is 50.7 cm³/mol. The van der Waals surface area contributed by atoms with Crippen molar-refractivity contribution in [3.05, 3.63) is 29.8 Å². The van der Waals surface area contributed by atoms with E-state index in [-0.39, 0.29) is 0 Å². The van der Waals surface area contributed by atoms with Gasteiger partial charge in [-0.3, -0.25) is 0 Å². The summed E-state index contributed by atoms with van der Waals surface area (Å²) in [4.78, 5) is 0. The first-order valence-electron chi connectivity index (χ1n) is 4.16. The first-order chi connectivity index (χ1) is 6.40. The number of rotatable bonds is 2. The first kappa shape index (κ1) is 8.13. The topological polar surface area (TPSA) is 44.5 Å². The SMILES string of the molecule is NC/C=C/c1ccc2c(c1)OCO2. The number of fused-ring (bicyclic) bond motifs is 1. The second kappa shape index (κ2) is 3.49. The first-order valence-corrected chi connectivity index (χ1v) is 4.16. The Morgan fingerprint density at radius 3 is 3.00 bits per heavy atom. The Balaban J connectivity index is 2.25. The van der Waals surface area contributed by atoms with Crippen LogP contribution in [0, 0.1) is 0 Å². The number of ether oxygens (including phenoxy) is 2. The second-order valence-corrected chi connectivity index (χ2v) is 2.75.